The number of nitrogens with zero attached hydrogens (tertiary/aromatic N) is 2. The quantitative estimate of drug-likeness (QED) is 0.529. The van der Waals surface area contributed by atoms with E-state index in [1.165, 1.54) is 12.1 Å². The lowest BCUT2D eigenvalue weighted by atomic mass is 9.99. The molecule has 0 aliphatic carbocycles. The van der Waals surface area contributed by atoms with E-state index in [0.717, 1.165) is 11.1 Å². The maximum atomic E-state index is 13.5. The van der Waals surface area contributed by atoms with Gasteiger partial charge in [-0.2, -0.15) is 0 Å². The van der Waals surface area contributed by atoms with Crippen molar-refractivity contribution < 1.29 is 13.9 Å². The standard InChI is InChI=1S/C23H18FN3O2/c1-2-14-9-15(3-5-20(14)23(25)28)22-12-18(7-8-26-22)29-19-11-16-10-17(24)4-6-21(16)27-13-19/h3-13H,2H2,1H3,(H2,25,28). The normalized spacial score (nSPS) is 10.8. The molecule has 0 spiro atoms. The number of primary amides is 1. The second kappa shape index (κ2) is 7.67. The minimum absolute atomic E-state index is 0.325. The smallest absolute Gasteiger partial charge is 0.248 e. The van der Waals surface area contributed by atoms with Crippen molar-refractivity contribution in [2.45, 2.75) is 13.3 Å². The highest BCUT2D eigenvalue weighted by atomic mass is 19.1. The molecule has 6 heteroatoms. The lowest BCUT2D eigenvalue weighted by Gasteiger charge is -2.10. The summed E-state index contributed by atoms with van der Waals surface area (Å²) in [5.74, 6) is 0.302. The first kappa shape index (κ1) is 18.6. The van der Waals surface area contributed by atoms with E-state index in [1.807, 2.05) is 19.1 Å². The summed E-state index contributed by atoms with van der Waals surface area (Å²) in [4.78, 5) is 20.3. The predicted octanol–water partition coefficient (Wildman–Crippen LogP) is 4.89. The van der Waals surface area contributed by atoms with Gasteiger partial charge < -0.3 is 10.5 Å². The number of amides is 1. The highest BCUT2D eigenvalue weighted by molar-refractivity contribution is 5.95. The zero-order valence-corrected chi connectivity index (χ0v) is 15.7. The molecular weight excluding hydrogens is 369 g/mol. The number of aryl methyl sites for hydroxylation is 1. The first-order valence-corrected chi connectivity index (χ1v) is 9.16. The molecule has 2 heterocycles. The van der Waals surface area contributed by atoms with Gasteiger partial charge in [0.05, 0.1) is 17.4 Å². The third-order valence-electron chi connectivity index (χ3n) is 4.63. The topological polar surface area (TPSA) is 78.1 Å². The Bertz CT molecular complexity index is 1220. The van der Waals surface area contributed by atoms with Gasteiger partial charge in [-0.25, -0.2) is 4.39 Å². The van der Waals surface area contributed by atoms with E-state index in [2.05, 4.69) is 9.97 Å². The van der Waals surface area contributed by atoms with Crippen LogP contribution in [0.15, 0.2) is 67.0 Å². The van der Waals surface area contributed by atoms with Crippen molar-refractivity contribution in [1.29, 1.82) is 0 Å². The summed E-state index contributed by atoms with van der Waals surface area (Å²) < 4.78 is 19.4. The molecule has 0 fully saturated rings. The molecule has 5 nitrogen and oxygen atoms in total. The van der Waals surface area contributed by atoms with Crippen molar-refractivity contribution in [2.24, 2.45) is 5.73 Å². The molecule has 0 radical (unpaired) electrons. The molecule has 2 N–H and O–H groups in total. The monoisotopic (exact) mass is 387 g/mol. The van der Waals surface area contributed by atoms with Gasteiger partial charge in [0, 0.05) is 28.8 Å². The lowest BCUT2D eigenvalue weighted by molar-refractivity contribution is 0.0999. The molecule has 2 aromatic carbocycles. The molecule has 29 heavy (non-hydrogen) atoms. The number of aromatic nitrogens is 2. The van der Waals surface area contributed by atoms with E-state index in [0.29, 0.717) is 40.1 Å². The van der Waals surface area contributed by atoms with E-state index >= 15 is 0 Å². The zero-order valence-electron chi connectivity index (χ0n) is 15.7. The number of hydrogen-bond donors (Lipinski definition) is 1. The highest BCUT2D eigenvalue weighted by Crippen LogP contribution is 2.28. The molecule has 2 aromatic heterocycles. The predicted molar refractivity (Wildman–Crippen MR) is 109 cm³/mol. The third kappa shape index (κ3) is 3.91. The van der Waals surface area contributed by atoms with Crippen molar-refractivity contribution in [3.8, 4) is 22.8 Å². The average molecular weight is 387 g/mol. The summed E-state index contributed by atoms with van der Waals surface area (Å²) >= 11 is 0. The maximum Gasteiger partial charge on any atom is 0.248 e. The van der Waals surface area contributed by atoms with Gasteiger partial charge in [-0.3, -0.25) is 14.8 Å². The second-order valence-electron chi connectivity index (χ2n) is 6.58. The number of carbonyl (C=O) groups excluding carboxylic acids is 1. The summed E-state index contributed by atoms with van der Waals surface area (Å²) in [6, 6.07) is 15.1. The Kier molecular flexibility index (Phi) is 4.91. The van der Waals surface area contributed by atoms with E-state index < -0.39 is 5.91 Å². The molecule has 0 aliphatic rings. The Morgan fingerprint density at radius 1 is 1.03 bits per heavy atom. The third-order valence-corrected chi connectivity index (χ3v) is 4.63. The number of nitrogens with two attached hydrogens (primary N) is 1. The zero-order chi connectivity index (χ0) is 20.4. The summed E-state index contributed by atoms with van der Waals surface area (Å²) in [5, 5.41) is 0.659. The first-order valence-electron chi connectivity index (χ1n) is 9.16. The lowest BCUT2D eigenvalue weighted by Crippen LogP contribution is -2.13. The highest BCUT2D eigenvalue weighted by Gasteiger charge is 2.10. The van der Waals surface area contributed by atoms with Crippen molar-refractivity contribution in [3.05, 3.63) is 83.9 Å². The molecule has 0 saturated heterocycles. The van der Waals surface area contributed by atoms with E-state index in [4.69, 9.17) is 10.5 Å². The average Bonchev–Trinajstić information content (AvgIpc) is 2.73. The van der Waals surface area contributed by atoms with Crippen LogP contribution in [0.25, 0.3) is 22.2 Å². The molecule has 4 aromatic rings. The molecule has 0 bridgehead atoms. The minimum Gasteiger partial charge on any atom is -0.456 e. The van der Waals surface area contributed by atoms with Crippen LogP contribution < -0.4 is 10.5 Å². The molecule has 0 atom stereocenters. The number of ether oxygens (including phenoxy) is 1. The fourth-order valence-corrected chi connectivity index (χ4v) is 3.19. The molecular formula is C23H18FN3O2. The van der Waals surface area contributed by atoms with Crippen LogP contribution >= 0.6 is 0 Å². The van der Waals surface area contributed by atoms with E-state index in [9.17, 15) is 9.18 Å². The van der Waals surface area contributed by atoms with Gasteiger partial charge in [-0.15, -0.1) is 0 Å². The fraction of sp³-hybridized carbons (Fsp3) is 0.0870. The second-order valence-corrected chi connectivity index (χ2v) is 6.58. The molecule has 144 valence electrons. The van der Waals surface area contributed by atoms with Crippen LogP contribution in [-0.2, 0) is 6.42 Å². The van der Waals surface area contributed by atoms with Gasteiger partial charge in [0.2, 0.25) is 5.91 Å². The van der Waals surface area contributed by atoms with Gasteiger partial charge in [-0.1, -0.05) is 13.0 Å². The fourth-order valence-electron chi connectivity index (χ4n) is 3.19. The van der Waals surface area contributed by atoms with Crippen LogP contribution in [0.2, 0.25) is 0 Å². The van der Waals surface area contributed by atoms with Crippen LogP contribution in [-0.4, -0.2) is 15.9 Å². The SMILES string of the molecule is CCc1cc(-c2cc(Oc3cnc4ccc(F)cc4c3)ccn2)ccc1C(N)=O. The van der Waals surface area contributed by atoms with Crippen molar-refractivity contribution in [2.75, 3.05) is 0 Å². The Morgan fingerprint density at radius 3 is 2.69 bits per heavy atom. The van der Waals surface area contributed by atoms with Crippen molar-refractivity contribution in [3.63, 3.8) is 0 Å². The number of benzene rings is 2. The van der Waals surface area contributed by atoms with Crippen LogP contribution in [0, 0.1) is 5.82 Å². The Hall–Kier alpha value is -3.80. The number of carbonyl (C=O) groups is 1. The number of rotatable bonds is 5. The van der Waals surface area contributed by atoms with Gasteiger partial charge >= 0.3 is 0 Å². The van der Waals surface area contributed by atoms with Gasteiger partial charge in [0.15, 0.2) is 0 Å². The molecule has 1 amide bonds. The van der Waals surface area contributed by atoms with Gasteiger partial charge in [-0.05, 0) is 54.4 Å². The maximum absolute atomic E-state index is 13.5. The first-order chi connectivity index (χ1) is 14.0. The summed E-state index contributed by atoms with van der Waals surface area (Å²) in [6.45, 7) is 1.97. The number of halogens is 1. The van der Waals surface area contributed by atoms with E-state index in [-0.39, 0.29) is 5.82 Å². The Labute approximate surface area is 167 Å². The van der Waals surface area contributed by atoms with Crippen LogP contribution in [0.5, 0.6) is 11.5 Å². The number of hydrogen-bond acceptors (Lipinski definition) is 4. The largest absolute Gasteiger partial charge is 0.456 e. The number of fused-ring (bicyclic) bond motifs is 1. The van der Waals surface area contributed by atoms with Crippen LogP contribution in [0.4, 0.5) is 4.39 Å². The Balaban J connectivity index is 1.65. The van der Waals surface area contributed by atoms with Gasteiger partial charge in [0.1, 0.15) is 17.3 Å². The molecule has 4 rings (SSSR count). The van der Waals surface area contributed by atoms with Crippen LogP contribution in [0.1, 0.15) is 22.8 Å². The minimum atomic E-state index is -0.446. The van der Waals surface area contributed by atoms with Crippen molar-refractivity contribution >= 4 is 16.8 Å². The molecule has 0 aliphatic heterocycles. The summed E-state index contributed by atoms with van der Waals surface area (Å²) in [7, 11) is 0. The van der Waals surface area contributed by atoms with Crippen LogP contribution in [0.3, 0.4) is 0 Å². The van der Waals surface area contributed by atoms with E-state index in [1.54, 1.807) is 42.7 Å². The molecule has 0 saturated carbocycles. The Morgan fingerprint density at radius 2 is 1.90 bits per heavy atom. The summed E-state index contributed by atoms with van der Waals surface area (Å²) in [5.41, 5.74) is 9.06. The van der Waals surface area contributed by atoms with Crippen molar-refractivity contribution in [1.82, 2.24) is 9.97 Å². The molecule has 0 unspecified atom stereocenters. The summed E-state index contributed by atoms with van der Waals surface area (Å²) in [6.07, 6.45) is 3.92. The van der Waals surface area contributed by atoms with Gasteiger partial charge in [0.25, 0.3) is 0 Å². The number of pyridine rings is 2.